The first-order valence-electron chi connectivity index (χ1n) is 7.97. The number of hydrogen-bond donors (Lipinski definition) is 1. The Morgan fingerprint density at radius 1 is 1.17 bits per heavy atom. The number of amides is 1. The van der Waals surface area contributed by atoms with E-state index in [1.54, 1.807) is 0 Å². The second-order valence-corrected chi connectivity index (χ2v) is 5.75. The van der Waals surface area contributed by atoms with Crippen molar-refractivity contribution in [3.05, 3.63) is 54.1 Å². The maximum absolute atomic E-state index is 12.5. The second-order valence-electron chi connectivity index (χ2n) is 5.75. The van der Waals surface area contributed by atoms with Crippen LogP contribution in [-0.4, -0.2) is 18.6 Å². The van der Waals surface area contributed by atoms with Crippen molar-refractivity contribution in [2.45, 2.75) is 32.3 Å². The molecule has 0 saturated carbocycles. The van der Waals surface area contributed by atoms with Gasteiger partial charge < -0.3 is 14.8 Å². The van der Waals surface area contributed by atoms with Crippen LogP contribution >= 0.6 is 0 Å². The molecule has 4 heteroatoms. The Kier molecular flexibility index (Phi) is 4.51. The summed E-state index contributed by atoms with van der Waals surface area (Å²) in [6.45, 7) is 4.51. The Balaban J connectivity index is 1.74. The first kappa shape index (κ1) is 15.4. The SMILES string of the molecule is CCC(C)c1ccccc1NC(=O)C1COc2ccccc2O1. The fourth-order valence-electron chi connectivity index (χ4n) is 2.62. The molecular weight excluding hydrogens is 290 g/mol. The molecule has 2 aromatic rings. The van der Waals surface area contributed by atoms with Crippen molar-refractivity contribution in [3.8, 4) is 11.5 Å². The van der Waals surface area contributed by atoms with Gasteiger partial charge in [0.1, 0.15) is 6.61 Å². The molecule has 1 aliphatic heterocycles. The smallest absolute Gasteiger partial charge is 0.269 e. The predicted octanol–water partition coefficient (Wildman–Crippen LogP) is 3.98. The predicted molar refractivity (Wildman–Crippen MR) is 90.1 cm³/mol. The van der Waals surface area contributed by atoms with Crippen molar-refractivity contribution < 1.29 is 14.3 Å². The zero-order valence-electron chi connectivity index (χ0n) is 13.4. The molecule has 2 unspecified atom stereocenters. The Morgan fingerprint density at radius 3 is 2.65 bits per heavy atom. The van der Waals surface area contributed by atoms with Gasteiger partial charge >= 0.3 is 0 Å². The molecule has 23 heavy (non-hydrogen) atoms. The number of para-hydroxylation sites is 3. The maximum atomic E-state index is 12.5. The molecular formula is C19H21NO3. The lowest BCUT2D eigenvalue weighted by atomic mass is 9.97. The zero-order chi connectivity index (χ0) is 16.2. The van der Waals surface area contributed by atoms with E-state index in [1.165, 1.54) is 0 Å². The fourth-order valence-corrected chi connectivity index (χ4v) is 2.62. The number of hydrogen-bond acceptors (Lipinski definition) is 3. The minimum absolute atomic E-state index is 0.185. The molecule has 0 saturated heterocycles. The Bertz CT molecular complexity index is 699. The summed E-state index contributed by atoms with van der Waals surface area (Å²) >= 11 is 0. The van der Waals surface area contributed by atoms with E-state index in [2.05, 4.69) is 25.2 Å². The highest BCUT2D eigenvalue weighted by Crippen LogP contribution is 2.32. The van der Waals surface area contributed by atoms with Crippen molar-refractivity contribution >= 4 is 11.6 Å². The molecule has 2 aromatic carbocycles. The van der Waals surface area contributed by atoms with Gasteiger partial charge in [-0.1, -0.05) is 44.2 Å². The summed E-state index contributed by atoms with van der Waals surface area (Å²) in [7, 11) is 0. The summed E-state index contributed by atoms with van der Waals surface area (Å²) in [5.41, 5.74) is 1.98. The van der Waals surface area contributed by atoms with Crippen molar-refractivity contribution in [3.63, 3.8) is 0 Å². The average molecular weight is 311 g/mol. The number of carbonyl (C=O) groups is 1. The maximum Gasteiger partial charge on any atom is 0.269 e. The third-order valence-corrected chi connectivity index (χ3v) is 4.16. The van der Waals surface area contributed by atoms with Crippen molar-refractivity contribution in [2.24, 2.45) is 0 Å². The van der Waals surface area contributed by atoms with Crippen LogP contribution in [-0.2, 0) is 4.79 Å². The molecule has 1 heterocycles. The molecule has 1 aliphatic rings. The summed E-state index contributed by atoms with van der Waals surface area (Å²) in [6, 6.07) is 15.3. The molecule has 2 atom stereocenters. The third-order valence-electron chi connectivity index (χ3n) is 4.16. The highest BCUT2D eigenvalue weighted by Gasteiger charge is 2.27. The van der Waals surface area contributed by atoms with Crippen molar-refractivity contribution in [1.29, 1.82) is 0 Å². The molecule has 4 nitrogen and oxygen atoms in total. The van der Waals surface area contributed by atoms with Gasteiger partial charge in [0, 0.05) is 5.69 Å². The normalized spacial score (nSPS) is 17.4. The quantitative estimate of drug-likeness (QED) is 0.929. The van der Waals surface area contributed by atoms with E-state index in [4.69, 9.17) is 9.47 Å². The van der Waals surface area contributed by atoms with Crippen LogP contribution in [0.25, 0.3) is 0 Å². The van der Waals surface area contributed by atoms with Gasteiger partial charge in [-0.3, -0.25) is 4.79 Å². The minimum Gasteiger partial charge on any atom is -0.485 e. The summed E-state index contributed by atoms with van der Waals surface area (Å²) < 4.78 is 11.4. The molecule has 0 spiro atoms. The molecule has 3 rings (SSSR count). The van der Waals surface area contributed by atoms with Crippen molar-refractivity contribution in [2.75, 3.05) is 11.9 Å². The van der Waals surface area contributed by atoms with Gasteiger partial charge in [-0.25, -0.2) is 0 Å². The number of anilines is 1. The average Bonchev–Trinajstić information content (AvgIpc) is 2.61. The number of ether oxygens (including phenoxy) is 2. The third kappa shape index (κ3) is 3.31. The molecule has 0 aromatic heterocycles. The summed E-state index contributed by atoms with van der Waals surface area (Å²) in [5.74, 6) is 1.48. The topological polar surface area (TPSA) is 47.6 Å². The van der Waals surface area contributed by atoms with Crippen LogP contribution in [0.5, 0.6) is 11.5 Å². The van der Waals surface area contributed by atoms with Crippen LogP contribution in [0.3, 0.4) is 0 Å². The highest BCUT2D eigenvalue weighted by atomic mass is 16.6. The second kappa shape index (κ2) is 6.73. The molecule has 1 amide bonds. The van der Waals surface area contributed by atoms with E-state index < -0.39 is 6.10 Å². The molecule has 0 radical (unpaired) electrons. The van der Waals surface area contributed by atoms with E-state index in [9.17, 15) is 4.79 Å². The van der Waals surface area contributed by atoms with Gasteiger partial charge in [-0.2, -0.15) is 0 Å². The van der Waals surface area contributed by atoms with Crippen molar-refractivity contribution in [1.82, 2.24) is 0 Å². The molecule has 0 bridgehead atoms. The number of benzene rings is 2. The first-order chi connectivity index (χ1) is 11.2. The lowest BCUT2D eigenvalue weighted by molar-refractivity contribution is -0.125. The van der Waals surface area contributed by atoms with E-state index in [0.717, 1.165) is 17.7 Å². The zero-order valence-corrected chi connectivity index (χ0v) is 13.4. The number of fused-ring (bicyclic) bond motifs is 1. The van der Waals surface area contributed by atoms with Gasteiger partial charge in [0.05, 0.1) is 0 Å². The molecule has 120 valence electrons. The Labute approximate surface area is 136 Å². The number of nitrogens with one attached hydrogen (secondary N) is 1. The van der Waals surface area contributed by atoms with Crippen LogP contribution in [0.4, 0.5) is 5.69 Å². The highest BCUT2D eigenvalue weighted by molar-refractivity contribution is 5.95. The van der Waals surface area contributed by atoms with Crippen LogP contribution in [0.1, 0.15) is 31.7 Å². The van der Waals surface area contributed by atoms with Gasteiger partial charge in [-0.15, -0.1) is 0 Å². The van der Waals surface area contributed by atoms with Gasteiger partial charge in [0.2, 0.25) is 6.10 Å². The summed E-state index contributed by atoms with van der Waals surface area (Å²) in [5, 5.41) is 2.98. The minimum atomic E-state index is -0.644. The van der Waals surface area contributed by atoms with E-state index in [-0.39, 0.29) is 12.5 Å². The van der Waals surface area contributed by atoms with E-state index in [0.29, 0.717) is 17.4 Å². The van der Waals surface area contributed by atoms with E-state index >= 15 is 0 Å². The number of rotatable bonds is 4. The van der Waals surface area contributed by atoms with Crippen LogP contribution in [0.15, 0.2) is 48.5 Å². The first-order valence-corrected chi connectivity index (χ1v) is 7.97. The lowest BCUT2D eigenvalue weighted by Gasteiger charge is -2.26. The number of carbonyl (C=O) groups excluding carboxylic acids is 1. The molecule has 0 aliphatic carbocycles. The van der Waals surface area contributed by atoms with Gasteiger partial charge in [0.15, 0.2) is 11.5 Å². The summed E-state index contributed by atoms with van der Waals surface area (Å²) in [6.07, 6.45) is 0.374. The molecule has 1 N–H and O–H groups in total. The van der Waals surface area contributed by atoms with Crippen LogP contribution < -0.4 is 14.8 Å². The standard InChI is InChI=1S/C19H21NO3/c1-3-13(2)14-8-4-5-9-15(14)20-19(21)18-12-22-16-10-6-7-11-17(16)23-18/h4-11,13,18H,3,12H2,1-2H3,(H,20,21). The largest absolute Gasteiger partial charge is 0.485 e. The Morgan fingerprint density at radius 2 is 1.87 bits per heavy atom. The van der Waals surface area contributed by atoms with Gasteiger partial charge in [0.25, 0.3) is 5.91 Å². The monoisotopic (exact) mass is 311 g/mol. The summed E-state index contributed by atoms with van der Waals surface area (Å²) in [4.78, 5) is 12.5. The fraction of sp³-hybridized carbons (Fsp3) is 0.316. The van der Waals surface area contributed by atoms with E-state index in [1.807, 2.05) is 42.5 Å². The van der Waals surface area contributed by atoms with Crippen LogP contribution in [0.2, 0.25) is 0 Å². The lowest BCUT2D eigenvalue weighted by Crippen LogP contribution is -2.40. The Hall–Kier alpha value is -2.49. The van der Waals surface area contributed by atoms with Crippen LogP contribution in [0, 0.1) is 0 Å². The molecule has 0 fully saturated rings. The van der Waals surface area contributed by atoms with Gasteiger partial charge in [-0.05, 0) is 36.1 Å².